The topological polar surface area (TPSA) is 164 Å². The lowest BCUT2D eigenvalue weighted by atomic mass is 9.96. The number of nitrogens with zero attached hydrogens (tertiary/aromatic N) is 3. The predicted octanol–water partition coefficient (Wildman–Crippen LogP) is 0.788. The Labute approximate surface area is 112 Å². The molecule has 0 aliphatic carbocycles. The largest absolute Gasteiger partial charge is 0.478 e. The van der Waals surface area contributed by atoms with E-state index in [2.05, 4.69) is 10.0 Å². The van der Waals surface area contributed by atoms with Gasteiger partial charge in [0.15, 0.2) is 0 Å². The molecule has 2 unspecified atom stereocenters. The summed E-state index contributed by atoms with van der Waals surface area (Å²) in [5.74, 6) is -2.69. The number of hydrogen-bond acceptors (Lipinski definition) is 5. The first-order chi connectivity index (χ1) is 9.38. The zero-order valence-corrected chi connectivity index (χ0v) is 10.0. The molecule has 0 aliphatic rings. The monoisotopic (exact) mass is 281 g/mol. The van der Waals surface area contributed by atoms with Crippen molar-refractivity contribution in [1.82, 2.24) is 0 Å². The normalized spacial score (nSPS) is 13.1. The SMILES string of the molecule is [N-]=[N+]=NCC(O)C(O)c1cc(C(=O)O)ccc1C(=O)O. The zero-order valence-electron chi connectivity index (χ0n) is 10.0. The minimum Gasteiger partial charge on any atom is -0.478 e. The average Bonchev–Trinajstić information content (AvgIpc) is 2.42. The van der Waals surface area contributed by atoms with Crippen molar-refractivity contribution < 1.29 is 30.0 Å². The fraction of sp³-hybridized carbons (Fsp3) is 0.273. The third kappa shape index (κ3) is 3.45. The maximum absolute atomic E-state index is 11.0. The van der Waals surface area contributed by atoms with Crippen molar-refractivity contribution in [1.29, 1.82) is 0 Å². The van der Waals surface area contributed by atoms with Crippen LogP contribution in [0, 0.1) is 0 Å². The Morgan fingerprint density at radius 2 is 1.90 bits per heavy atom. The number of aromatic carboxylic acids is 2. The first-order valence-corrected chi connectivity index (χ1v) is 5.36. The molecule has 0 fully saturated rings. The van der Waals surface area contributed by atoms with Crippen molar-refractivity contribution >= 4 is 11.9 Å². The van der Waals surface area contributed by atoms with Crippen LogP contribution in [0.15, 0.2) is 23.3 Å². The summed E-state index contributed by atoms with van der Waals surface area (Å²) in [5, 5.41) is 40.3. The summed E-state index contributed by atoms with van der Waals surface area (Å²) >= 11 is 0. The molecule has 106 valence electrons. The Kier molecular flexibility index (Phi) is 5.04. The number of hydrogen-bond donors (Lipinski definition) is 4. The summed E-state index contributed by atoms with van der Waals surface area (Å²) in [5.41, 5.74) is 7.27. The highest BCUT2D eigenvalue weighted by Crippen LogP contribution is 2.23. The Bertz CT molecular complexity index is 582. The Balaban J connectivity index is 3.24. The van der Waals surface area contributed by atoms with E-state index in [0.29, 0.717) is 0 Å². The zero-order chi connectivity index (χ0) is 15.3. The standard InChI is InChI=1S/C11H11N3O6/c12-14-13-4-8(15)9(16)7-3-5(10(17)18)1-2-6(7)11(19)20/h1-3,8-9,15-16H,4H2,(H,17,18)(H,19,20). The van der Waals surface area contributed by atoms with Gasteiger partial charge in [0.1, 0.15) is 6.10 Å². The van der Waals surface area contributed by atoms with Crippen molar-refractivity contribution in [2.75, 3.05) is 6.54 Å². The van der Waals surface area contributed by atoms with E-state index in [-0.39, 0.29) is 16.7 Å². The molecule has 0 amide bonds. The highest BCUT2D eigenvalue weighted by Gasteiger charge is 2.24. The molecule has 0 heterocycles. The number of carbonyl (C=O) groups is 2. The number of rotatable bonds is 6. The second kappa shape index (κ2) is 6.53. The van der Waals surface area contributed by atoms with Gasteiger partial charge < -0.3 is 20.4 Å². The van der Waals surface area contributed by atoms with Crippen LogP contribution in [0.4, 0.5) is 0 Å². The van der Waals surface area contributed by atoms with E-state index in [1.807, 2.05) is 0 Å². The van der Waals surface area contributed by atoms with Gasteiger partial charge in [-0.3, -0.25) is 0 Å². The van der Waals surface area contributed by atoms with Crippen molar-refractivity contribution in [3.63, 3.8) is 0 Å². The molecule has 1 aromatic carbocycles. The molecule has 0 aromatic heterocycles. The van der Waals surface area contributed by atoms with E-state index >= 15 is 0 Å². The van der Waals surface area contributed by atoms with E-state index < -0.39 is 30.7 Å². The number of carboxylic acid groups (broad SMARTS) is 2. The molecule has 0 saturated heterocycles. The van der Waals surface area contributed by atoms with Gasteiger partial charge in [0.25, 0.3) is 0 Å². The quantitative estimate of drug-likeness (QED) is 0.342. The molecule has 0 aliphatic heterocycles. The van der Waals surface area contributed by atoms with Crippen LogP contribution in [-0.4, -0.2) is 45.0 Å². The maximum Gasteiger partial charge on any atom is 0.336 e. The maximum atomic E-state index is 11.0. The van der Waals surface area contributed by atoms with Gasteiger partial charge in [0, 0.05) is 4.91 Å². The van der Waals surface area contributed by atoms with E-state index in [4.69, 9.17) is 15.7 Å². The molecule has 2 atom stereocenters. The Morgan fingerprint density at radius 3 is 2.40 bits per heavy atom. The molecule has 0 bridgehead atoms. The lowest BCUT2D eigenvalue weighted by Crippen LogP contribution is -2.23. The summed E-state index contributed by atoms with van der Waals surface area (Å²) in [7, 11) is 0. The summed E-state index contributed by atoms with van der Waals surface area (Å²) < 4.78 is 0. The smallest absolute Gasteiger partial charge is 0.336 e. The predicted molar refractivity (Wildman–Crippen MR) is 65.3 cm³/mol. The van der Waals surface area contributed by atoms with Crippen LogP contribution < -0.4 is 0 Å². The minimum absolute atomic E-state index is 0.236. The highest BCUT2D eigenvalue weighted by atomic mass is 16.4. The van der Waals surface area contributed by atoms with Gasteiger partial charge in [-0.2, -0.15) is 0 Å². The van der Waals surface area contributed by atoms with Gasteiger partial charge in [-0.25, -0.2) is 9.59 Å². The molecule has 4 N–H and O–H groups in total. The lowest BCUT2D eigenvalue weighted by molar-refractivity contribution is 0.0231. The van der Waals surface area contributed by atoms with Crippen LogP contribution in [0.5, 0.6) is 0 Å². The fourth-order valence-corrected chi connectivity index (χ4v) is 1.56. The number of azide groups is 1. The number of benzene rings is 1. The van der Waals surface area contributed by atoms with Gasteiger partial charge in [-0.05, 0) is 29.3 Å². The summed E-state index contributed by atoms with van der Waals surface area (Å²) in [6.45, 7) is -0.478. The van der Waals surface area contributed by atoms with Gasteiger partial charge in [-0.15, -0.1) is 0 Å². The first kappa shape index (κ1) is 15.4. The third-order valence-corrected chi connectivity index (χ3v) is 2.54. The van der Waals surface area contributed by atoms with Crippen molar-refractivity contribution in [2.45, 2.75) is 12.2 Å². The van der Waals surface area contributed by atoms with E-state index in [1.54, 1.807) is 0 Å². The van der Waals surface area contributed by atoms with Crippen molar-refractivity contribution in [3.8, 4) is 0 Å². The van der Waals surface area contributed by atoms with Gasteiger partial charge >= 0.3 is 11.9 Å². The first-order valence-electron chi connectivity index (χ1n) is 5.36. The third-order valence-electron chi connectivity index (χ3n) is 2.54. The second-order valence-corrected chi connectivity index (χ2v) is 3.84. The lowest BCUT2D eigenvalue weighted by Gasteiger charge is -2.18. The van der Waals surface area contributed by atoms with Crippen LogP contribution >= 0.6 is 0 Å². The molecule has 20 heavy (non-hydrogen) atoms. The summed E-state index contributed by atoms with van der Waals surface area (Å²) in [6.07, 6.45) is -3.24. The van der Waals surface area contributed by atoms with E-state index in [0.717, 1.165) is 18.2 Å². The molecule has 0 saturated carbocycles. The average molecular weight is 281 g/mol. The number of aliphatic hydroxyl groups excluding tert-OH is 2. The molecule has 1 aromatic rings. The Morgan fingerprint density at radius 1 is 1.25 bits per heavy atom. The molecule has 0 radical (unpaired) electrons. The van der Waals surface area contributed by atoms with E-state index in [1.165, 1.54) is 0 Å². The van der Waals surface area contributed by atoms with Gasteiger partial charge in [-0.1, -0.05) is 5.11 Å². The fourth-order valence-electron chi connectivity index (χ4n) is 1.56. The van der Waals surface area contributed by atoms with Crippen LogP contribution in [-0.2, 0) is 0 Å². The van der Waals surface area contributed by atoms with Gasteiger partial charge in [0.2, 0.25) is 0 Å². The van der Waals surface area contributed by atoms with Crippen LogP contribution in [0.1, 0.15) is 32.4 Å². The molecule has 9 nitrogen and oxygen atoms in total. The molecular formula is C11H11N3O6. The summed E-state index contributed by atoms with van der Waals surface area (Å²) in [4.78, 5) is 24.3. The van der Waals surface area contributed by atoms with Crippen LogP contribution in [0.2, 0.25) is 0 Å². The van der Waals surface area contributed by atoms with Crippen molar-refractivity contribution in [3.05, 3.63) is 45.3 Å². The van der Waals surface area contributed by atoms with Crippen molar-refractivity contribution in [2.24, 2.45) is 5.11 Å². The molecule has 9 heteroatoms. The number of aliphatic hydroxyl groups is 2. The number of carboxylic acids is 2. The molecular weight excluding hydrogens is 270 g/mol. The van der Waals surface area contributed by atoms with Gasteiger partial charge in [0.05, 0.1) is 23.8 Å². The molecule has 0 spiro atoms. The molecule has 1 rings (SSSR count). The Hall–Kier alpha value is -2.61. The summed E-state index contributed by atoms with van der Waals surface area (Å²) in [6, 6.07) is 3.04. The highest BCUT2D eigenvalue weighted by molar-refractivity contribution is 5.93. The second-order valence-electron chi connectivity index (χ2n) is 3.84. The van der Waals surface area contributed by atoms with Crippen LogP contribution in [0.3, 0.4) is 0 Å². The van der Waals surface area contributed by atoms with E-state index in [9.17, 15) is 19.8 Å². The minimum atomic E-state index is -1.69. The van der Waals surface area contributed by atoms with Crippen LogP contribution in [0.25, 0.3) is 10.4 Å².